The summed E-state index contributed by atoms with van der Waals surface area (Å²) in [6.45, 7) is -0.109. The summed E-state index contributed by atoms with van der Waals surface area (Å²) in [5.74, 6) is -0.904. The van der Waals surface area contributed by atoms with Crippen molar-refractivity contribution >= 4 is 17.8 Å². The lowest BCUT2D eigenvalue weighted by atomic mass is 9.81. The van der Waals surface area contributed by atoms with Gasteiger partial charge in [0, 0.05) is 25.2 Å². The molecule has 1 aliphatic heterocycles. The first-order valence-electron chi connectivity index (χ1n) is 10.1. The standard InChI is InChI=1S/C21H26FN3O3/c1-23-20(28)25(19(27)21(23)11-5-2-6-12-21)14-18(26)24(16-9-10-16)13-15-7-3-4-8-17(15)22/h3-4,7-8,16H,2,5-6,9-14H2,1H3. The Balaban J connectivity index is 1.51. The van der Waals surface area contributed by atoms with E-state index in [4.69, 9.17) is 0 Å². The van der Waals surface area contributed by atoms with Gasteiger partial charge in [-0.1, -0.05) is 37.5 Å². The van der Waals surface area contributed by atoms with Crippen LogP contribution in [0.1, 0.15) is 50.5 Å². The Morgan fingerprint density at radius 3 is 2.50 bits per heavy atom. The Kier molecular flexibility index (Phi) is 4.85. The highest BCUT2D eigenvalue weighted by atomic mass is 19.1. The van der Waals surface area contributed by atoms with Crippen molar-refractivity contribution in [3.63, 3.8) is 0 Å². The van der Waals surface area contributed by atoms with Crippen molar-refractivity contribution in [2.24, 2.45) is 0 Å². The molecule has 1 aromatic rings. The summed E-state index contributed by atoms with van der Waals surface area (Å²) in [6, 6.07) is 6.05. The zero-order chi connectivity index (χ0) is 19.9. The van der Waals surface area contributed by atoms with Crippen LogP contribution in [0.15, 0.2) is 24.3 Å². The minimum absolute atomic E-state index is 0.0567. The Bertz CT molecular complexity index is 802. The van der Waals surface area contributed by atoms with Gasteiger partial charge in [0.1, 0.15) is 17.9 Å². The summed E-state index contributed by atoms with van der Waals surface area (Å²) in [5, 5.41) is 0. The average molecular weight is 387 g/mol. The monoisotopic (exact) mass is 387 g/mol. The number of likely N-dealkylation sites (N-methyl/N-ethyl adjacent to an activating group) is 1. The highest BCUT2D eigenvalue weighted by Gasteiger charge is 2.56. The van der Waals surface area contributed by atoms with Crippen LogP contribution in [0.5, 0.6) is 0 Å². The third-order valence-electron chi connectivity index (χ3n) is 6.38. The smallest absolute Gasteiger partial charge is 0.327 e. The van der Waals surface area contributed by atoms with Crippen molar-refractivity contribution in [3.8, 4) is 0 Å². The molecule has 7 heteroatoms. The van der Waals surface area contributed by atoms with Gasteiger partial charge in [0.05, 0.1) is 0 Å². The number of hydrogen-bond donors (Lipinski definition) is 0. The number of amides is 4. The maximum atomic E-state index is 14.1. The molecule has 6 nitrogen and oxygen atoms in total. The van der Waals surface area contributed by atoms with Crippen LogP contribution in [0, 0.1) is 5.82 Å². The molecule has 3 fully saturated rings. The topological polar surface area (TPSA) is 60.9 Å². The highest BCUT2D eigenvalue weighted by molar-refractivity contribution is 6.09. The third-order valence-corrected chi connectivity index (χ3v) is 6.38. The molecule has 2 aliphatic carbocycles. The first-order chi connectivity index (χ1) is 13.4. The number of carbonyl (C=O) groups excluding carboxylic acids is 3. The fraction of sp³-hybridized carbons (Fsp3) is 0.571. The highest BCUT2D eigenvalue weighted by Crippen LogP contribution is 2.39. The summed E-state index contributed by atoms with van der Waals surface area (Å²) in [5.41, 5.74) is -0.339. The minimum atomic E-state index is -0.786. The van der Waals surface area contributed by atoms with Crippen molar-refractivity contribution in [2.75, 3.05) is 13.6 Å². The normalized spacial score (nSPS) is 21.5. The van der Waals surface area contributed by atoms with Gasteiger partial charge in [0.2, 0.25) is 5.91 Å². The van der Waals surface area contributed by atoms with Gasteiger partial charge < -0.3 is 9.80 Å². The molecule has 1 saturated heterocycles. The van der Waals surface area contributed by atoms with Crippen LogP contribution in [0.25, 0.3) is 0 Å². The first-order valence-corrected chi connectivity index (χ1v) is 10.1. The van der Waals surface area contributed by atoms with E-state index in [9.17, 15) is 18.8 Å². The second-order valence-corrected chi connectivity index (χ2v) is 8.17. The van der Waals surface area contributed by atoms with Crippen molar-refractivity contribution < 1.29 is 18.8 Å². The Labute approximate surface area is 164 Å². The second kappa shape index (κ2) is 7.18. The van der Waals surface area contributed by atoms with Gasteiger partial charge in [-0.2, -0.15) is 0 Å². The number of nitrogens with zero attached hydrogens (tertiary/aromatic N) is 3. The Morgan fingerprint density at radius 2 is 1.86 bits per heavy atom. The molecule has 3 aliphatic rings. The number of hydrogen-bond acceptors (Lipinski definition) is 3. The van der Waals surface area contributed by atoms with E-state index in [0.29, 0.717) is 18.4 Å². The van der Waals surface area contributed by atoms with Crippen LogP contribution in [0.2, 0.25) is 0 Å². The molecule has 0 atom stereocenters. The van der Waals surface area contributed by atoms with Crippen molar-refractivity contribution in [1.82, 2.24) is 14.7 Å². The molecule has 1 heterocycles. The molecule has 1 aromatic carbocycles. The van der Waals surface area contributed by atoms with Crippen LogP contribution in [-0.4, -0.2) is 57.7 Å². The SMILES string of the molecule is CN1C(=O)N(CC(=O)N(Cc2ccccc2F)C2CC2)C(=O)C12CCCCC2. The molecule has 4 rings (SSSR count). The maximum absolute atomic E-state index is 14.1. The lowest BCUT2D eigenvalue weighted by molar-refractivity contribution is -0.141. The number of benzene rings is 1. The molecule has 0 aromatic heterocycles. The molecule has 1 spiro atoms. The summed E-state index contributed by atoms with van der Waals surface area (Å²) in [7, 11) is 1.66. The minimum Gasteiger partial charge on any atom is -0.334 e. The molecule has 0 radical (unpaired) electrons. The molecule has 0 unspecified atom stereocenters. The Morgan fingerprint density at radius 1 is 1.18 bits per heavy atom. The number of carbonyl (C=O) groups is 3. The van der Waals surface area contributed by atoms with Crippen molar-refractivity contribution in [1.29, 1.82) is 0 Å². The summed E-state index contributed by atoms with van der Waals surface area (Å²) >= 11 is 0. The molecule has 0 bridgehead atoms. The van der Waals surface area contributed by atoms with Gasteiger partial charge in [-0.05, 0) is 31.7 Å². The van der Waals surface area contributed by atoms with E-state index >= 15 is 0 Å². The Hall–Kier alpha value is -2.44. The van der Waals surface area contributed by atoms with Crippen LogP contribution in [0.4, 0.5) is 9.18 Å². The van der Waals surface area contributed by atoms with E-state index in [1.807, 2.05) is 0 Å². The van der Waals surface area contributed by atoms with Crippen molar-refractivity contribution in [3.05, 3.63) is 35.6 Å². The first kappa shape index (κ1) is 18.9. The lowest BCUT2D eigenvalue weighted by Gasteiger charge is -2.35. The molecule has 4 amide bonds. The van der Waals surface area contributed by atoms with E-state index in [1.165, 1.54) is 11.0 Å². The fourth-order valence-corrected chi connectivity index (χ4v) is 4.51. The van der Waals surface area contributed by atoms with Gasteiger partial charge in [0.15, 0.2) is 0 Å². The van der Waals surface area contributed by atoms with Crippen molar-refractivity contribution in [2.45, 2.75) is 63.1 Å². The zero-order valence-corrected chi connectivity index (χ0v) is 16.2. The van der Waals surface area contributed by atoms with E-state index in [0.717, 1.165) is 37.0 Å². The lowest BCUT2D eigenvalue weighted by Crippen LogP contribution is -2.49. The van der Waals surface area contributed by atoms with Gasteiger partial charge in [-0.15, -0.1) is 0 Å². The predicted molar refractivity (Wildman–Crippen MR) is 101 cm³/mol. The van der Waals surface area contributed by atoms with Gasteiger partial charge in [-0.3, -0.25) is 14.5 Å². The van der Waals surface area contributed by atoms with E-state index in [-0.39, 0.29) is 36.8 Å². The summed E-state index contributed by atoms with van der Waals surface area (Å²) in [4.78, 5) is 43.1. The van der Waals surface area contributed by atoms with Gasteiger partial charge >= 0.3 is 6.03 Å². The average Bonchev–Trinajstić information content (AvgIpc) is 3.53. The largest absolute Gasteiger partial charge is 0.334 e. The zero-order valence-electron chi connectivity index (χ0n) is 16.2. The summed E-state index contributed by atoms with van der Waals surface area (Å²) < 4.78 is 14.1. The summed E-state index contributed by atoms with van der Waals surface area (Å²) in [6.07, 6.45) is 5.92. The number of halogens is 1. The second-order valence-electron chi connectivity index (χ2n) is 8.17. The van der Waals surface area contributed by atoms with Gasteiger partial charge in [0.25, 0.3) is 5.91 Å². The predicted octanol–water partition coefficient (Wildman–Crippen LogP) is 2.91. The molecule has 0 N–H and O–H groups in total. The van der Waals surface area contributed by atoms with E-state index < -0.39 is 11.6 Å². The van der Waals surface area contributed by atoms with Gasteiger partial charge in [-0.25, -0.2) is 9.18 Å². The number of urea groups is 1. The molecule has 150 valence electrons. The molecule has 2 saturated carbocycles. The number of imide groups is 1. The third kappa shape index (κ3) is 3.16. The van der Waals surface area contributed by atoms with Crippen LogP contribution >= 0.6 is 0 Å². The van der Waals surface area contributed by atoms with Crippen LogP contribution < -0.4 is 0 Å². The molecular formula is C21H26FN3O3. The van der Waals surface area contributed by atoms with Crippen LogP contribution in [-0.2, 0) is 16.1 Å². The number of rotatable bonds is 5. The quantitative estimate of drug-likeness (QED) is 0.730. The fourth-order valence-electron chi connectivity index (χ4n) is 4.51. The molecular weight excluding hydrogens is 361 g/mol. The van der Waals surface area contributed by atoms with Crippen LogP contribution in [0.3, 0.4) is 0 Å². The maximum Gasteiger partial charge on any atom is 0.327 e. The van der Waals surface area contributed by atoms with E-state index in [2.05, 4.69) is 0 Å². The molecule has 28 heavy (non-hydrogen) atoms. The van der Waals surface area contributed by atoms with E-state index in [1.54, 1.807) is 30.1 Å².